The van der Waals surface area contributed by atoms with E-state index in [9.17, 15) is 30.3 Å². The van der Waals surface area contributed by atoms with Crippen molar-refractivity contribution in [3.05, 3.63) is 36.5 Å². The zero-order chi connectivity index (χ0) is 43.7. The van der Waals surface area contributed by atoms with E-state index in [4.69, 9.17) is 9.47 Å². The summed E-state index contributed by atoms with van der Waals surface area (Å²) in [5, 5.41) is 54.2. The fourth-order valence-corrected chi connectivity index (χ4v) is 7.87. The molecule has 0 spiro atoms. The van der Waals surface area contributed by atoms with Crippen molar-refractivity contribution in [2.45, 2.75) is 269 Å². The van der Waals surface area contributed by atoms with Crippen molar-refractivity contribution in [3.63, 3.8) is 0 Å². The molecule has 9 nitrogen and oxygen atoms in total. The standard InChI is InChI=1S/C51H95NO8/c1-3-5-7-9-11-13-15-17-18-19-20-21-22-23-24-25-26-27-29-31-33-35-37-39-41-47(55)52-44(43-59-51-50(58)49(57)48(56)46(42-53)60-51)45(54)40-38-36-34-32-30-28-16-14-12-10-8-6-4-2/h23-24,30,32,38,40,44-46,48-51,53-54,56-58H,3-22,25-29,31,33-37,39,41-43H2,1-2H3,(H,52,55)/b24-23-,32-30+,40-38+. The molecule has 1 aliphatic heterocycles. The molecule has 0 saturated carbocycles. The summed E-state index contributed by atoms with van der Waals surface area (Å²) in [6.45, 7) is 3.75. The number of allylic oxidation sites excluding steroid dienone is 5. The first kappa shape index (κ1) is 56.4. The summed E-state index contributed by atoms with van der Waals surface area (Å²) in [6, 6.07) is -0.821. The third-order valence-corrected chi connectivity index (χ3v) is 11.9. The SMILES string of the molecule is CCCCCCCCC/C=C/CC/C=C/C(O)C(COC1OC(CO)C(O)C(O)C1O)NC(=O)CCCCCCCCCC/C=C\CCCCCCCCCCCCCC. The van der Waals surface area contributed by atoms with E-state index in [-0.39, 0.29) is 12.5 Å². The number of hydrogen-bond donors (Lipinski definition) is 6. The number of hydrogen-bond acceptors (Lipinski definition) is 8. The molecule has 1 aliphatic rings. The minimum atomic E-state index is -1.57. The summed E-state index contributed by atoms with van der Waals surface area (Å²) in [4.78, 5) is 13.0. The Labute approximate surface area is 368 Å². The van der Waals surface area contributed by atoms with E-state index in [2.05, 4.69) is 43.5 Å². The molecule has 0 bridgehead atoms. The van der Waals surface area contributed by atoms with Gasteiger partial charge in [-0.1, -0.05) is 198 Å². The molecule has 0 aromatic rings. The van der Waals surface area contributed by atoms with Crippen molar-refractivity contribution in [2.75, 3.05) is 13.2 Å². The van der Waals surface area contributed by atoms with Gasteiger partial charge in [0.25, 0.3) is 0 Å². The zero-order valence-corrected chi connectivity index (χ0v) is 38.7. The first-order chi connectivity index (χ1) is 29.3. The Balaban J connectivity index is 2.27. The van der Waals surface area contributed by atoms with Crippen LogP contribution in [0, 0.1) is 0 Å². The highest BCUT2D eigenvalue weighted by molar-refractivity contribution is 5.76. The number of carbonyl (C=O) groups is 1. The second-order valence-electron chi connectivity index (χ2n) is 17.6. The smallest absolute Gasteiger partial charge is 0.220 e. The summed E-state index contributed by atoms with van der Waals surface area (Å²) in [5.74, 6) is -0.190. The van der Waals surface area contributed by atoms with Crippen LogP contribution < -0.4 is 5.32 Å². The second-order valence-corrected chi connectivity index (χ2v) is 17.6. The van der Waals surface area contributed by atoms with E-state index < -0.39 is 49.5 Å². The van der Waals surface area contributed by atoms with Crippen molar-refractivity contribution >= 4 is 5.91 Å². The molecule has 0 aromatic carbocycles. The topological polar surface area (TPSA) is 149 Å². The molecule has 7 unspecified atom stereocenters. The molecule has 1 fully saturated rings. The number of aliphatic hydroxyl groups is 5. The third-order valence-electron chi connectivity index (χ3n) is 11.9. The van der Waals surface area contributed by atoms with Gasteiger partial charge in [0.2, 0.25) is 5.91 Å². The maximum Gasteiger partial charge on any atom is 0.220 e. The van der Waals surface area contributed by atoms with Crippen molar-refractivity contribution < 1.29 is 39.8 Å². The molecule has 1 amide bonds. The van der Waals surface area contributed by atoms with Crippen LogP contribution in [0.25, 0.3) is 0 Å². The quantitative estimate of drug-likeness (QED) is 0.0263. The Kier molecular flexibility index (Phi) is 39.0. The first-order valence-corrected chi connectivity index (χ1v) is 25.2. The Bertz CT molecular complexity index is 1030. The number of carbonyl (C=O) groups excluding carboxylic acids is 1. The van der Waals surface area contributed by atoms with Gasteiger partial charge in [-0.25, -0.2) is 0 Å². The molecule has 1 saturated heterocycles. The summed E-state index contributed by atoms with van der Waals surface area (Å²) < 4.78 is 11.2. The van der Waals surface area contributed by atoms with Crippen molar-refractivity contribution in [1.82, 2.24) is 5.32 Å². The molecular formula is C51H95NO8. The molecule has 0 aliphatic carbocycles. The van der Waals surface area contributed by atoms with Crippen LogP contribution in [0.1, 0.15) is 226 Å². The first-order valence-electron chi connectivity index (χ1n) is 25.2. The van der Waals surface area contributed by atoms with Gasteiger partial charge in [0.15, 0.2) is 6.29 Å². The van der Waals surface area contributed by atoms with Crippen LogP contribution in [-0.4, -0.2) is 87.5 Å². The molecule has 7 atom stereocenters. The Hall–Kier alpha value is -1.59. The van der Waals surface area contributed by atoms with Crippen LogP contribution in [0.2, 0.25) is 0 Å². The van der Waals surface area contributed by atoms with Gasteiger partial charge in [-0.3, -0.25) is 4.79 Å². The average Bonchev–Trinajstić information content (AvgIpc) is 3.25. The van der Waals surface area contributed by atoms with Gasteiger partial charge in [-0.15, -0.1) is 0 Å². The van der Waals surface area contributed by atoms with E-state index in [1.807, 2.05) is 6.08 Å². The number of aliphatic hydroxyl groups excluding tert-OH is 5. The van der Waals surface area contributed by atoms with Crippen LogP contribution in [0.5, 0.6) is 0 Å². The second kappa shape index (κ2) is 41.4. The lowest BCUT2D eigenvalue weighted by Gasteiger charge is -2.40. The van der Waals surface area contributed by atoms with Crippen LogP contribution in [-0.2, 0) is 14.3 Å². The lowest BCUT2D eigenvalue weighted by molar-refractivity contribution is -0.302. The molecule has 6 N–H and O–H groups in total. The highest BCUT2D eigenvalue weighted by Gasteiger charge is 2.44. The number of nitrogens with one attached hydrogen (secondary N) is 1. The fraction of sp³-hybridized carbons (Fsp3) is 0.863. The van der Waals surface area contributed by atoms with Gasteiger partial charge < -0.3 is 40.3 Å². The Morgan fingerprint density at radius 3 is 1.40 bits per heavy atom. The van der Waals surface area contributed by atoms with Gasteiger partial charge in [0.1, 0.15) is 24.4 Å². The lowest BCUT2D eigenvalue weighted by Crippen LogP contribution is -2.60. The predicted octanol–water partition coefficient (Wildman–Crippen LogP) is 11.2. The summed E-state index contributed by atoms with van der Waals surface area (Å²) in [6.07, 6.45) is 44.9. The normalized spacial score (nSPS) is 20.8. The molecule has 0 aromatic heterocycles. The van der Waals surface area contributed by atoms with E-state index in [1.54, 1.807) is 6.08 Å². The summed E-state index contributed by atoms with van der Waals surface area (Å²) >= 11 is 0. The number of unbranched alkanes of at least 4 members (excludes halogenated alkanes) is 28. The van der Waals surface area contributed by atoms with Crippen LogP contribution >= 0.6 is 0 Å². The minimum absolute atomic E-state index is 0.190. The Morgan fingerprint density at radius 2 is 0.950 bits per heavy atom. The average molecular weight is 850 g/mol. The predicted molar refractivity (Wildman–Crippen MR) is 249 cm³/mol. The molecule has 1 rings (SSSR count). The molecule has 352 valence electrons. The zero-order valence-electron chi connectivity index (χ0n) is 38.7. The minimum Gasteiger partial charge on any atom is -0.394 e. The van der Waals surface area contributed by atoms with Crippen LogP contribution in [0.3, 0.4) is 0 Å². The van der Waals surface area contributed by atoms with E-state index in [1.165, 1.54) is 167 Å². The number of ether oxygens (including phenoxy) is 2. The number of amides is 1. The van der Waals surface area contributed by atoms with E-state index in [0.717, 1.165) is 38.5 Å². The molecule has 60 heavy (non-hydrogen) atoms. The van der Waals surface area contributed by atoms with Gasteiger partial charge in [0.05, 0.1) is 25.4 Å². The summed E-state index contributed by atoms with van der Waals surface area (Å²) in [7, 11) is 0. The Morgan fingerprint density at radius 1 is 0.550 bits per heavy atom. The molecular weight excluding hydrogens is 755 g/mol. The van der Waals surface area contributed by atoms with Gasteiger partial charge in [-0.05, 0) is 57.8 Å². The van der Waals surface area contributed by atoms with Crippen LogP contribution in [0.15, 0.2) is 36.5 Å². The van der Waals surface area contributed by atoms with Gasteiger partial charge in [0, 0.05) is 6.42 Å². The monoisotopic (exact) mass is 850 g/mol. The number of rotatable bonds is 42. The maximum absolute atomic E-state index is 13.0. The molecule has 1 heterocycles. The van der Waals surface area contributed by atoms with Crippen molar-refractivity contribution in [1.29, 1.82) is 0 Å². The van der Waals surface area contributed by atoms with Crippen molar-refractivity contribution in [3.8, 4) is 0 Å². The molecule has 9 heteroatoms. The van der Waals surface area contributed by atoms with Crippen molar-refractivity contribution in [2.24, 2.45) is 0 Å². The highest BCUT2D eigenvalue weighted by atomic mass is 16.7. The van der Waals surface area contributed by atoms with Crippen LogP contribution in [0.4, 0.5) is 0 Å². The lowest BCUT2D eigenvalue weighted by atomic mass is 9.99. The van der Waals surface area contributed by atoms with Gasteiger partial charge >= 0.3 is 0 Å². The van der Waals surface area contributed by atoms with E-state index in [0.29, 0.717) is 6.42 Å². The summed E-state index contributed by atoms with van der Waals surface area (Å²) in [5.41, 5.74) is 0. The van der Waals surface area contributed by atoms with E-state index >= 15 is 0 Å². The third kappa shape index (κ3) is 31.3. The largest absolute Gasteiger partial charge is 0.394 e. The molecule has 0 radical (unpaired) electrons. The highest BCUT2D eigenvalue weighted by Crippen LogP contribution is 2.23. The fourth-order valence-electron chi connectivity index (χ4n) is 7.87. The van der Waals surface area contributed by atoms with Gasteiger partial charge in [-0.2, -0.15) is 0 Å². The maximum atomic E-state index is 13.0.